The van der Waals surface area contributed by atoms with Crippen molar-refractivity contribution in [3.8, 4) is 11.3 Å². The molecule has 1 atom stereocenters. The first kappa shape index (κ1) is 18.7. The molecule has 1 amide bonds. The minimum atomic E-state index is 0.114. The number of amides is 1. The topological polar surface area (TPSA) is 51.0 Å². The van der Waals surface area contributed by atoms with Gasteiger partial charge in [-0.1, -0.05) is 19.1 Å². The Labute approximate surface area is 166 Å². The van der Waals surface area contributed by atoms with Gasteiger partial charge in [0.1, 0.15) is 0 Å². The number of hydrogen-bond acceptors (Lipinski definition) is 3. The molecule has 0 aliphatic carbocycles. The van der Waals surface area contributed by atoms with Crippen molar-refractivity contribution in [2.75, 3.05) is 6.54 Å². The van der Waals surface area contributed by atoms with Crippen molar-refractivity contribution in [2.45, 2.75) is 59.5 Å². The van der Waals surface area contributed by atoms with E-state index in [9.17, 15) is 4.79 Å². The summed E-state index contributed by atoms with van der Waals surface area (Å²) in [6.45, 7) is 10.2. The van der Waals surface area contributed by atoms with Crippen molar-refractivity contribution < 1.29 is 4.79 Å². The average molecular weight is 377 g/mol. The van der Waals surface area contributed by atoms with Gasteiger partial charge >= 0.3 is 0 Å². The van der Waals surface area contributed by atoms with Crippen LogP contribution in [-0.4, -0.2) is 38.2 Å². The van der Waals surface area contributed by atoms with Crippen LogP contribution in [0.4, 0.5) is 0 Å². The lowest BCUT2D eigenvalue weighted by Crippen LogP contribution is -2.33. The Bertz CT molecular complexity index is 1040. The van der Waals surface area contributed by atoms with Crippen molar-refractivity contribution in [1.29, 1.82) is 0 Å². The lowest BCUT2D eigenvalue weighted by atomic mass is 9.99. The monoisotopic (exact) mass is 376 g/mol. The maximum Gasteiger partial charge on any atom is 0.254 e. The number of hydrogen-bond donors (Lipinski definition) is 0. The zero-order valence-corrected chi connectivity index (χ0v) is 17.2. The van der Waals surface area contributed by atoms with E-state index in [2.05, 4.69) is 38.9 Å². The van der Waals surface area contributed by atoms with Gasteiger partial charge in [0.2, 0.25) is 0 Å². The zero-order chi connectivity index (χ0) is 19.8. The molecule has 1 unspecified atom stereocenters. The van der Waals surface area contributed by atoms with E-state index in [1.165, 1.54) is 5.56 Å². The van der Waals surface area contributed by atoms with Gasteiger partial charge in [0.25, 0.3) is 5.91 Å². The first-order valence-electron chi connectivity index (χ1n) is 10.2. The third-order valence-corrected chi connectivity index (χ3v) is 5.93. The highest BCUT2D eigenvalue weighted by atomic mass is 16.2. The normalized spacial score (nSPS) is 16.9. The number of rotatable bonds is 4. The van der Waals surface area contributed by atoms with Crippen LogP contribution in [0.2, 0.25) is 0 Å². The third kappa shape index (κ3) is 3.19. The van der Waals surface area contributed by atoms with E-state index < -0.39 is 0 Å². The van der Waals surface area contributed by atoms with E-state index in [1.54, 1.807) is 0 Å². The Balaban J connectivity index is 1.89. The van der Waals surface area contributed by atoms with E-state index >= 15 is 0 Å². The quantitative estimate of drug-likeness (QED) is 0.660. The highest BCUT2D eigenvalue weighted by Gasteiger charge is 2.28. The van der Waals surface area contributed by atoms with Crippen molar-refractivity contribution in [1.82, 2.24) is 19.7 Å². The van der Waals surface area contributed by atoms with Crippen molar-refractivity contribution >= 4 is 16.8 Å². The number of aromatic nitrogens is 3. The van der Waals surface area contributed by atoms with Crippen LogP contribution in [0.5, 0.6) is 0 Å². The summed E-state index contributed by atoms with van der Waals surface area (Å²) in [5, 5.41) is 5.39. The van der Waals surface area contributed by atoms with Crippen LogP contribution in [0, 0.1) is 13.8 Å². The second kappa shape index (κ2) is 7.38. The first-order valence-corrected chi connectivity index (χ1v) is 10.2. The van der Waals surface area contributed by atoms with Gasteiger partial charge in [-0.05, 0) is 57.2 Å². The minimum Gasteiger partial charge on any atom is -0.336 e. The number of aryl methyl sites for hydroxylation is 3. The van der Waals surface area contributed by atoms with Crippen molar-refractivity contribution in [2.24, 2.45) is 0 Å². The van der Waals surface area contributed by atoms with Crippen molar-refractivity contribution in [3.63, 3.8) is 0 Å². The summed E-state index contributed by atoms with van der Waals surface area (Å²) < 4.78 is 1.94. The predicted octanol–water partition coefficient (Wildman–Crippen LogP) is 4.75. The smallest absolute Gasteiger partial charge is 0.254 e. The number of nitrogens with zero attached hydrogens (tertiary/aromatic N) is 4. The molecule has 5 nitrogen and oxygen atoms in total. The van der Waals surface area contributed by atoms with E-state index in [-0.39, 0.29) is 11.9 Å². The van der Waals surface area contributed by atoms with Gasteiger partial charge < -0.3 is 4.90 Å². The van der Waals surface area contributed by atoms with E-state index in [0.717, 1.165) is 65.6 Å². The lowest BCUT2D eigenvalue weighted by molar-refractivity contribution is 0.0749. The fourth-order valence-corrected chi connectivity index (χ4v) is 4.09. The summed E-state index contributed by atoms with van der Waals surface area (Å²) >= 11 is 0. The summed E-state index contributed by atoms with van der Waals surface area (Å²) in [6, 6.07) is 6.38. The van der Waals surface area contributed by atoms with Gasteiger partial charge in [-0.25, -0.2) is 4.98 Å². The minimum absolute atomic E-state index is 0.114. The zero-order valence-electron chi connectivity index (χ0n) is 17.2. The molecule has 5 heteroatoms. The maximum atomic E-state index is 13.4. The second-order valence-electron chi connectivity index (χ2n) is 7.94. The molecular formula is C23H28N4O. The molecule has 3 heterocycles. The van der Waals surface area contributed by atoms with Crippen LogP contribution >= 0.6 is 0 Å². The lowest BCUT2D eigenvalue weighted by Gasteiger charge is -2.23. The number of likely N-dealkylation sites (tertiary alicyclic amines) is 1. The molecule has 0 saturated carbocycles. The van der Waals surface area contributed by atoms with Gasteiger partial charge in [0.15, 0.2) is 0 Å². The Morgan fingerprint density at radius 3 is 2.82 bits per heavy atom. The molecule has 0 bridgehead atoms. The molecule has 2 aromatic heterocycles. The van der Waals surface area contributed by atoms with Gasteiger partial charge in [-0.2, -0.15) is 5.10 Å². The van der Waals surface area contributed by atoms with Gasteiger partial charge in [-0.15, -0.1) is 0 Å². The second-order valence-corrected chi connectivity index (χ2v) is 7.94. The fraction of sp³-hybridized carbons (Fsp3) is 0.435. The summed E-state index contributed by atoms with van der Waals surface area (Å²) in [5.41, 5.74) is 5.75. The van der Waals surface area contributed by atoms with Crippen molar-refractivity contribution in [3.05, 3.63) is 47.3 Å². The van der Waals surface area contributed by atoms with Crippen LogP contribution in [-0.2, 0) is 6.54 Å². The fourth-order valence-electron chi connectivity index (χ4n) is 4.09. The summed E-state index contributed by atoms with van der Waals surface area (Å²) in [7, 11) is 0. The molecule has 28 heavy (non-hydrogen) atoms. The summed E-state index contributed by atoms with van der Waals surface area (Å²) in [6.07, 6.45) is 7.05. The highest BCUT2D eigenvalue weighted by Crippen LogP contribution is 2.30. The van der Waals surface area contributed by atoms with E-state index in [4.69, 9.17) is 4.98 Å². The van der Waals surface area contributed by atoms with Gasteiger partial charge in [0.05, 0.1) is 23.0 Å². The van der Waals surface area contributed by atoms with Crippen LogP contribution in [0.25, 0.3) is 22.2 Å². The standard InChI is InChI=1S/C23H28N4O/c1-5-10-26-14-18(13-24-26)21-12-20(23(28)27-11-6-7-16(27)3)19-9-8-15(2)17(4)22(19)25-21/h8-9,12-14,16H,5-7,10-11H2,1-4H3. The third-order valence-electron chi connectivity index (χ3n) is 5.93. The Hall–Kier alpha value is -2.69. The van der Waals surface area contributed by atoms with E-state index in [0.29, 0.717) is 0 Å². The number of benzene rings is 1. The molecule has 3 aromatic rings. The SMILES string of the molecule is CCCn1cc(-c2cc(C(=O)N3CCCC3C)c3ccc(C)c(C)c3n2)cn1. The van der Waals surface area contributed by atoms with Crippen LogP contribution in [0.15, 0.2) is 30.6 Å². The Morgan fingerprint density at radius 2 is 2.11 bits per heavy atom. The van der Waals surface area contributed by atoms with Crippen LogP contribution < -0.4 is 0 Å². The molecule has 1 aliphatic heterocycles. The molecule has 1 aliphatic rings. The van der Waals surface area contributed by atoms with Gasteiger partial charge in [0, 0.05) is 36.3 Å². The highest BCUT2D eigenvalue weighted by molar-refractivity contribution is 6.08. The van der Waals surface area contributed by atoms with Crippen LogP contribution in [0.3, 0.4) is 0 Å². The molecule has 0 spiro atoms. The number of carbonyl (C=O) groups excluding carboxylic acids is 1. The molecule has 1 fully saturated rings. The predicted molar refractivity (Wildman–Crippen MR) is 112 cm³/mol. The molecule has 146 valence electrons. The van der Waals surface area contributed by atoms with Crippen LogP contribution in [0.1, 0.15) is 54.6 Å². The largest absolute Gasteiger partial charge is 0.336 e. The molecule has 1 saturated heterocycles. The summed E-state index contributed by atoms with van der Waals surface area (Å²) in [5.74, 6) is 0.114. The Kier molecular flexibility index (Phi) is 4.92. The first-order chi connectivity index (χ1) is 13.5. The average Bonchev–Trinajstić information content (AvgIpc) is 3.33. The Morgan fingerprint density at radius 1 is 1.29 bits per heavy atom. The molecule has 0 N–H and O–H groups in total. The number of carbonyl (C=O) groups is 1. The number of pyridine rings is 1. The molecule has 0 radical (unpaired) electrons. The molecular weight excluding hydrogens is 348 g/mol. The molecule has 1 aromatic carbocycles. The summed E-state index contributed by atoms with van der Waals surface area (Å²) in [4.78, 5) is 20.4. The molecule has 4 rings (SSSR count). The van der Waals surface area contributed by atoms with E-state index in [1.807, 2.05) is 34.1 Å². The maximum absolute atomic E-state index is 13.4. The van der Waals surface area contributed by atoms with Gasteiger partial charge in [-0.3, -0.25) is 9.48 Å². The number of fused-ring (bicyclic) bond motifs is 1.